The normalized spacial score (nSPS) is 7.91. The molecule has 0 saturated heterocycles. The van der Waals surface area contributed by atoms with Crippen LogP contribution in [0, 0.1) is 44.4 Å². The Labute approximate surface area is 222 Å². The van der Waals surface area contributed by atoms with Crippen LogP contribution in [0.15, 0.2) is 11.5 Å². The largest absolute Gasteiger partial charge is 0.617 e. The van der Waals surface area contributed by atoms with Gasteiger partial charge in [-0.1, -0.05) is 39.7 Å². The number of halogens is 1. The molecule has 0 spiro atoms. The van der Waals surface area contributed by atoms with E-state index >= 15 is 0 Å². The minimum Gasteiger partial charge on any atom is -0.617 e. The molecule has 0 unspecified atom stereocenters. The Morgan fingerprint density at radius 2 is 1.12 bits per heavy atom. The van der Waals surface area contributed by atoms with E-state index in [9.17, 15) is 9.90 Å². The fourth-order valence-electron chi connectivity index (χ4n) is 0.454. The molecular weight excluding hydrogens is 448 g/mol. The molecule has 0 aromatic rings. The summed E-state index contributed by atoms with van der Waals surface area (Å²) >= 11 is 5.13. The Hall–Kier alpha value is -0.900. The van der Waals surface area contributed by atoms with Crippen molar-refractivity contribution in [3.05, 3.63) is 50.0 Å². The topological polar surface area (TPSA) is 58.6 Å². The second-order valence-corrected chi connectivity index (χ2v) is 7.34. The highest BCUT2D eigenvalue weighted by Gasteiger charge is 1.85. The lowest BCUT2D eigenvalue weighted by Crippen LogP contribution is -2.06. The van der Waals surface area contributed by atoms with Gasteiger partial charge in [-0.15, -0.1) is 5.88 Å². The van der Waals surface area contributed by atoms with Crippen LogP contribution >= 0.6 is 11.6 Å². The van der Waals surface area contributed by atoms with Gasteiger partial charge in [0.15, 0.2) is 0 Å². The summed E-state index contributed by atoms with van der Waals surface area (Å²) in [6.45, 7) is 25.9. The van der Waals surface area contributed by atoms with Gasteiger partial charge in [-0.2, -0.15) is 78.8 Å². The second kappa shape index (κ2) is 58.2. The number of hydrogen-bond donors (Lipinski definition) is 0. The van der Waals surface area contributed by atoms with E-state index in [0.29, 0.717) is 17.9 Å². The fourth-order valence-corrected chi connectivity index (χ4v) is 0.454. The molecule has 0 bridgehead atoms. The maximum atomic E-state index is 10.3. The summed E-state index contributed by atoms with van der Waals surface area (Å²) in [5.74, 6) is 1.01. The van der Waals surface area contributed by atoms with Crippen LogP contribution in [0.3, 0.4) is 0 Å². The smallest absolute Gasteiger partial charge is 0.275 e. The maximum Gasteiger partial charge on any atom is 0.275 e. The molecule has 0 aliphatic rings. The van der Waals surface area contributed by atoms with Crippen LogP contribution in [0.25, 0.3) is 0 Å². The van der Waals surface area contributed by atoms with Gasteiger partial charge in [-0.05, 0) is 21.0 Å². The average Bonchev–Trinajstić information content (AvgIpc) is 2.85. The van der Waals surface area contributed by atoms with Crippen LogP contribution in [-0.4, -0.2) is 26.1 Å². The predicted octanol–water partition coefficient (Wildman–Crippen LogP) is 8.81. The first-order valence-electron chi connectivity index (χ1n) is 12.1. The van der Waals surface area contributed by atoms with Crippen LogP contribution in [0.2, 0.25) is 0 Å². The molecule has 0 amide bonds. The number of allylic oxidation sites excluding steroid dienone is 1. The van der Waals surface area contributed by atoms with E-state index in [1.54, 1.807) is 20.3 Å². The Bertz CT molecular complexity index is 311. The lowest BCUT2D eigenvalue weighted by Gasteiger charge is -2.09. The van der Waals surface area contributed by atoms with Crippen molar-refractivity contribution < 1.29 is 19.4 Å². The minimum atomic E-state index is -0.236. The summed E-state index contributed by atoms with van der Waals surface area (Å²) in [7, 11) is 2.75. The van der Waals surface area contributed by atoms with Crippen LogP contribution in [0.4, 0.5) is 0 Å². The third-order valence-corrected chi connectivity index (χ3v) is 3.14. The minimum absolute atomic E-state index is 0.178. The summed E-state index contributed by atoms with van der Waals surface area (Å²) in [5, 5.41) is 10.3. The molecule has 0 fully saturated rings. The number of carbonyl (C=O) groups is 1. The van der Waals surface area contributed by atoms with E-state index in [1.165, 1.54) is 27.1 Å². The van der Waals surface area contributed by atoms with E-state index < -0.39 is 0 Å². The highest BCUT2D eigenvalue weighted by Crippen LogP contribution is 1.93. The Morgan fingerprint density at radius 3 is 1.15 bits per heavy atom. The molecule has 0 saturated carbocycles. The van der Waals surface area contributed by atoms with Crippen molar-refractivity contribution in [3.63, 3.8) is 0 Å². The number of alkyl halides is 1. The third kappa shape index (κ3) is 124. The molecule has 34 heavy (non-hydrogen) atoms. The molecule has 5 heteroatoms. The summed E-state index contributed by atoms with van der Waals surface area (Å²) in [5.41, 5.74) is 0.683. The fraction of sp³-hybridized carbons (Fsp3) is 0.690. The lowest BCUT2D eigenvalue weighted by molar-refractivity contribution is -0.355. The van der Waals surface area contributed by atoms with Gasteiger partial charge in [0.1, 0.15) is 0 Å². The van der Waals surface area contributed by atoms with E-state index in [1.807, 2.05) is 40.5 Å². The van der Waals surface area contributed by atoms with E-state index in [-0.39, 0.29) is 11.9 Å². The SMILES string of the molecule is COC([O-])=C(C)C.C[CH-]C.C[CH-]C(C)C.C[CH-]CC.C[CH-]CC.C[CH-]CC(=O)OC.C[CH-]CCl. The number of rotatable bonds is 7. The van der Waals surface area contributed by atoms with Gasteiger partial charge < -0.3 is 53.1 Å². The quantitative estimate of drug-likeness (QED) is 0.149. The average molecular weight is 508 g/mol. The number of esters is 1. The Morgan fingerprint density at radius 1 is 0.824 bits per heavy atom. The van der Waals surface area contributed by atoms with Crippen molar-refractivity contribution in [1.29, 1.82) is 0 Å². The molecule has 4 nitrogen and oxygen atoms in total. The molecule has 0 aliphatic heterocycles. The standard InChI is InChI=1S/C5H10O2.C5H9O2.C5H11.2C4H9.C3H6Cl.C3H7/c1-4(2)5(6)7-3;1-3-4-5(6)7-2;1-4-5(2)3;2*1-3-4-2;1-2-3-4;1-3-2/h6H,1-3H3;3H,4H2,1-2H3;4-5H,1-3H3;2*3H,4H2,1-2H3;2H,3H2,1H3;3H,1-2H3/q;6*-1/p-1. The van der Waals surface area contributed by atoms with Crippen molar-refractivity contribution in [2.75, 3.05) is 20.1 Å². The van der Waals surface area contributed by atoms with Gasteiger partial charge in [0.05, 0.1) is 7.11 Å². The summed E-state index contributed by atoms with van der Waals surface area (Å²) < 4.78 is 8.66. The van der Waals surface area contributed by atoms with Crippen LogP contribution in [-0.2, 0) is 14.3 Å². The summed E-state index contributed by atoms with van der Waals surface area (Å²) in [6, 6.07) is 0. The Balaban J connectivity index is -0.0000000511. The molecule has 0 N–H and O–H groups in total. The van der Waals surface area contributed by atoms with Crippen molar-refractivity contribution in [2.45, 2.75) is 109 Å². The number of hydrogen-bond acceptors (Lipinski definition) is 4. The third-order valence-electron chi connectivity index (χ3n) is 2.83. The first-order chi connectivity index (χ1) is 15.9. The highest BCUT2D eigenvalue weighted by molar-refractivity contribution is 6.18. The van der Waals surface area contributed by atoms with Crippen molar-refractivity contribution in [3.8, 4) is 0 Å². The van der Waals surface area contributed by atoms with Gasteiger partial charge in [0.2, 0.25) is 0 Å². The van der Waals surface area contributed by atoms with Gasteiger partial charge in [-0.3, -0.25) is 4.79 Å². The molecular formula is C29H60ClO4-7. The number of methoxy groups -OCH3 is 2. The Kier molecular flexibility index (Phi) is 85.7. The van der Waals surface area contributed by atoms with E-state index in [0.717, 1.165) is 5.92 Å². The van der Waals surface area contributed by atoms with Gasteiger partial charge in [-0.25, -0.2) is 0 Å². The van der Waals surface area contributed by atoms with Gasteiger partial charge in [0.25, 0.3) is 5.97 Å². The maximum absolute atomic E-state index is 10.3. The van der Waals surface area contributed by atoms with Crippen molar-refractivity contribution in [1.82, 2.24) is 0 Å². The van der Waals surface area contributed by atoms with E-state index in [2.05, 4.69) is 77.2 Å². The molecule has 0 radical (unpaired) electrons. The first-order valence-corrected chi connectivity index (χ1v) is 12.6. The van der Waals surface area contributed by atoms with Crippen LogP contribution < -0.4 is 5.11 Å². The van der Waals surface area contributed by atoms with E-state index in [4.69, 9.17) is 11.6 Å². The number of ether oxygens (including phenoxy) is 2. The monoisotopic (exact) mass is 507 g/mol. The van der Waals surface area contributed by atoms with Gasteiger partial charge >= 0.3 is 0 Å². The number of carbonyl (C=O) groups excluding carboxylic acids is 1. The molecule has 214 valence electrons. The second-order valence-electron chi connectivity index (χ2n) is 7.03. The summed E-state index contributed by atoms with van der Waals surface area (Å²) in [4.78, 5) is 10.2. The molecule has 0 heterocycles. The zero-order valence-corrected chi connectivity index (χ0v) is 26.1. The molecule has 0 aliphatic carbocycles. The summed E-state index contributed by atoms with van der Waals surface area (Å²) in [6.07, 6.45) is 14.9. The van der Waals surface area contributed by atoms with Crippen molar-refractivity contribution in [2.24, 2.45) is 5.92 Å². The molecule has 0 aromatic heterocycles. The molecule has 0 rings (SSSR count). The predicted molar refractivity (Wildman–Crippen MR) is 154 cm³/mol. The first kappa shape index (κ1) is 50.1. The zero-order chi connectivity index (χ0) is 28.8. The molecule has 0 aromatic carbocycles. The highest BCUT2D eigenvalue weighted by atomic mass is 35.5. The molecule has 0 atom stereocenters. The van der Waals surface area contributed by atoms with Crippen molar-refractivity contribution >= 4 is 17.6 Å². The number of unbranched alkanes of at least 4 members (excludes halogenated alkanes) is 2. The van der Waals surface area contributed by atoms with Crippen LogP contribution in [0.5, 0.6) is 0 Å². The van der Waals surface area contributed by atoms with Crippen LogP contribution in [0.1, 0.15) is 109 Å². The zero-order valence-electron chi connectivity index (χ0n) is 25.4. The van der Waals surface area contributed by atoms with Gasteiger partial charge in [0, 0.05) is 5.95 Å². The lowest BCUT2D eigenvalue weighted by atomic mass is 10.2.